The van der Waals surface area contributed by atoms with E-state index in [0.717, 1.165) is 24.5 Å². The fraction of sp³-hybridized carbons (Fsp3) is 0.600. The van der Waals surface area contributed by atoms with Gasteiger partial charge in [-0.3, -0.25) is 4.98 Å². The summed E-state index contributed by atoms with van der Waals surface area (Å²) in [6, 6.07) is 4.39. The first-order valence-corrected chi connectivity index (χ1v) is 7.45. The van der Waals surface area contributed by atoms with Crippen LogP contribution in [0.1, 0.15) is 25.6 Å². The number of carbonyl (C=O) groups excluding carboxylic acids is 1. The molecule has 0 aliphatic carbocycles. The van der Waals surface area contributed by atoms with Crippen molar-refractivity contribution in [1.29, 1.82) is 0 Å². The Bertz CT molecular complexity index is 455. The highest BCUT2D eigenvalue weighted by molar-refractivity contribution is 5.68. The number of nitrogens with zero attached hydrogens (tertiary/aromatic N) is 3. The van der Waals surface area contributed by atoms with Crippen molar-refractivity contribution in [2.24, 2.45) is 0 Å². The number of rotatable bonds is 4. The fourth-order valence-corrected chi connectivity index (χ4v) is 2.35. The van der Waals surface area contributed by atoms with Crippen molar-refractivity contribution in [2.45, 2.75) is 19.9 Å². The first-order valence-electron chi connectivity index (χ1n) is 7.45. The van der Waals surface area contributed by atoms with Crippen LogP contribution in [0.4, 0.5) is 10.5 Å². The Balaban J connectivity index is 1.91. The standard InChI is InChI=1S/C15H24N4O2/c1-4-21-15(20)19-9-7-18(8-10-19)13-5-6-14(17-11-13)12(2)16-3/h5-6,11-12,16H,4,7-10H2,1-3H3. The van der Waals surface area contributed by atoms with Crippen molar-refractivity contribution in [3.05, 3.63) is 24.0 Å². The van der Waals surface area contributed by atoms with E-state index in [-0.39, 0.29) is 12.1 Å². The van der Waals surface area contributed by atoms with Crippen LogP contribution in [0.25, 0.3) is 0 Å². The molecule has 0 spiro atoms. The summed E-state index contributed by atoms with van der Waals surface area (Å²) in [6.45, 7) is 7.32. The van der Waals surface area contributed by atoms with E-state index < -0.39 is 0 Å². The van der Waals surface area contributed by atoms with E-state index in [1.54, 1.807) is 4.90 Å². The summed E-state index contributed by atoms with van der Waals surface area (Å²) in [5.41, 5.74) is 2.14. The van der Waals surface area contributed by atoms with Gasteiger partial charge in [0.1, 0.15) is 0 Å². The van der Waals surface area contributed by atoms with Crippen LogP contribution in [-0.2, 0) is 4.74 Å². The largest absolute Gasteiger partial charge is 0.450 e. The molecule has 6 heteroatoms. The van der Waals surface area contributed by atoms with Gasteiger partial charge in [-0.2, -0.15) is 0 Å². The van der Waals surface area contributed by atoms with Crippen LogP contribution in [-0.4, -0.2) is 55.8 Å². The molecule has 0 aromatic carbocycles. The summed E-state index contributed by atoms with van der Waals surface area (Å²) in [6.07, 6.45) is 1.69. The Morgan fingerprint density at radius 3 is 2.62 bits per heavy atom. The van der Waals surface area contributed by atoms with E-state index in [1.165, 1.54) is 0 Å². The molecule has 21 heavy (non-hydrogen) atoms. The molecule has 2 heterocycles. The molecule has 116 valence electrons. The van der Waals surface area contributed by atoms with Gasteiger partial charge in [-0.15, -0.1) is 0 Å². The molecule has 1 unspecified atom stereocenters. The van der Waals surface area contributed by atoms with E-state index in [0.29, 0.717) is 19.7 Å². The van der Waals surface area contributed by atoms with Crippen molar-refractivity contribution in [2.75, 3.05) is 44.7 Å². The van der Waals surface area contributed by atoms with Gasteiger partial charge < -0.3 is 19.9 Å². The number of anilines is 1. The zero-order valence-electron chi connectivity index (χ0n) is 13.0. The van der Waals surface area contributed by atoms with E-state index in [9.17, 15) is 4.79 Å². The fourth-order valence-electron chi connectivity index (χ4n) is 2.35. The number of hydrogen-bond acceptors (Lipinski definition) is 5. The predicted octanol–water partition coefficient (Wildman–Crippen LogP) is 1.64. The average Bonchev–Trinajstić information content (AvgIpc) is 2.54. The average molecular weight is 292 g/mol. The summed E-state index contributed by atoms with van der Waals surface area (Å²) in [5.74, 6) is 0. The van der Waals surface area contributed by atoms with Crippen LogP contribution in [0, 0.1) is 0 Å². The number of carbonyl (C=O) groups is 1. The third-order valence-corrected chi connectivity index (χ3v) is 3.82. The zero-order valence-corrected chi connectivity index (χ0v) is 13.0. The van der Waals surface area contributed by atoms with Crippen molar-refractivity contribution in [3.63, 3.8) is 0 Å². The van der Waals surface area contributed by atoms with Gasteiger partial charge in [-0.25, -0.2) is 4.79 Å². The number of nitrogens with one attached hydrogen (secondary N) is 1. The third-order valence-electron chi connectivity index (χ3n) is 3.82. The molecule has 1 aliphatic heterocycles. The molecule has 1 aliphatic rings. The first-order chi connectivity index (χ1) is 10.2. The molecule has 1 N–H and O–H groups in total. The number of aromatic nitrogens is 1. The summed E-state index contributed by atoms with van der Waals surface area (Å²) in [5, 5.41) is 3.18. The van der Waals surface area contributed by atoms with Crippen LogP contribution in [0.2, 0.25) is 0 Å². The zero-order chi connectivity index (χ0) is 15.2. The molecular weight excluding hydrogens is 268 g/mol. The van der Waals surface area contributed by atoms with Gasteiger partial charge in [0.05, 0.1) is 24.2 Å². The lowest BCUT2D eigenvalue weighted by atomic mass is 10.2. The van der Waals surface area contributed by atoms with Gasteiger partial charge >= 0.3 is 6.09 Å². The molecule has 2 rings (SSSR count). The van der Waals surface area contributed by atoms with Gasteiger partial charge in [-0.1, -0.05) is 0 Å². The molecule has 0 saturated carbocycles. The lowest BCUT2D eigenvalue weighted by Gasteiger charge is -2.35. The van der Waals surface area contributed by atoms with Crippen molar-refractivity contribution in [1.82, 2.24) is 15.2 Å². The summed E-state index contributed by atoms with van der Waals surface area (Å²) in [4.78, 5) is 20.2. The molecule has 1 saturated heterocycles. The predicted molar refractivity (Wildman–Crippen MR) is 82.5 cm³/mol. The van der Waals surface area contributed by atoms with Crippen LogP contribution >= 0.6 is 0 Å². The highest BCUT2D eigenvalue weighted by Crippen LogP contribution is 2.18. The topological polar surface area (TPSA) is 57.7 Å². The highest BCUT2D eigenvalue weighted by Gasteiger charge is 2.22. The van der Waals surface area contributed by atoms with Crippen LogP contribution in [0.5, 0.6) is 0 Å². The van der Waals surface area contributed by atoms with Crippen LogP contribution < -0.4 is 10.2 Å². The van der Waals surface area contributed by atoms with E-state index in [1.807, 2.05) is 26.2 Å². The normalized spacial score (nSPS) is 16.7. The van der Waals surface area contributed by atoms with E-state index >= 15 is 0 Å². The van der Waals surface area contributed by atoms with Crippen molar-refractivity contribution < 1.29 is 9.53 Å². The Hall–Kier alpha value is -1.82. The maximum absolute atomic E-state index is 11.7. The Kier molecular flexibility index (Phi) is 5.38. The smallest absolute Gasteiger partial charge is 0.409 e. The highest BCUT2D eigenvalue weighted by atomic mass is 16.6. The molecule has 1 aromatic rings. The number of hydrogen-bond donors (Lipinski definition) is 1. The van der Waals surface area contributed by atoms with E-state index in [4.69, 9.17) is 4.74 Å². The Morgan fingerprint density at radius 2 is 2.10 bits per heavy atom. The maximum atomic E-state index is 11.7. The quantitative estimate of drug-likeness (QED) is 0.914. The summed E-state index contributed by atoms with van der Waals surface area (Å²) in [7, 11) is 1.93. The van der Waals surface area contributed by atoms with Gasteiger partial charge in [0.15, 0.2) is 0 Å². The number of amides is 1. The van der Waals surface area contributed by atoms with Crippen molar-refractivity contribution >= 4 is 11.8 Å². The second-order valence-electron chi connectivity index (χ2n) is 5.12. The monoisotopic (exact) mass is 292 g/mol. The molecule has 1 amide bonds. The number of ether oxygens (including phenoxy) is 1. The van der Waals surface area contributed by atoms with Gasteiger partial charge in [-0.05, 0) is 33.0 Å². The van der Waals surface area contributed by atoms with Gasteiger partial charge in [0.25, 0.3) is 0 Å². The molecule has 6 nitrogen and oxygen atoms in total. The Labute approximate surface area is 126 Å². The van der Waals surface area contributed by atoms with Crippen LogP contribution in [0.3, 0.4) is 0 Å². The van der Waals surface area contributed by atoms with Gasteiger partial charge in [0, 0.05) is 32.2 Å². The minimum absolute atomic E-state index is 0.214. The number of pyridine rings is 1. The molecule has 0 radical (unpaired) electrons. The minimum atomic E-state index is -0.214. The molecular formula is C15H24N4O2. The summed E-state index contributed by atoms with van der Waals surface area (Å²) >= 11 is 0. The number of piperazine rings is 1. The third kappa shape index (κ3) is 3.85. The molecule has 1 fully saturated rings. The lowest BCUT2D eigenvalue weighted by Crippen LogP contribution is -2.49. The maximum Gasteiger partial charge on any atom is 0.409 e. The minimum Gasteiger partial charge on any atom is -0.450 e. The van der Waals surface area contributed by atoms with Gasteiger partial charge in [0.2, 0.25) is 0 Å². The Morgan fingerprint density at radius 1 is 1.38 bits per heavy atom. The molecule has 0 bridgehead atoms. The SMILES string of the molecule is CCOC(=O)N1CCN(c2ccc(C(C)NC)nc2)CC1. The molecule has 1 aromatic heterocycles. The lowest BCUT2D eigenvalue weighted by molar-refractivity contribution is 0.105. The second-order valence-corrected chi connectivity index (χ2v) is 5.12. The van der Waals surface area contributed by atoms with Crippen LogP contribution in [0.15, 0.2) is 18.3 Å². The summed E-state index contributed by atoms with van der Waals surface area (Å²) < 4.78 is 5.03. The van der Waals surface area contributed by atoms with Crippen molar-refractivity contribution in [3.8, 4) is 0 Å². The van der Waals surface area contributed by atoms with E-state index in [2.05, 4.69) is 28.2 Å². The molecule has 1 atom stereocenters. The second kappa shape index (κ2) is 7.26. The first kappa shape index (κ1) is 15.6.